The molecule has 1 aliphatic rings. The molecule has 2 heteroatoms. The van der Waals surface area contributed by atoms with E-state index in [0.29, 0.717) is 0 Å². The summed E-state index contributed by atoms with van der Waals surface area (Å²) in [5.41, 5.74) is 0. The maximum atomic E-state index is 3.61. The van der Waals surface area contributed by atoms with Crippen molar-refractivity contribution in [1.29, 1.82) is 0 Å². The van der Waals surface area contributed by atoms with Crippen molar-refractivity contribution in [1.82, 2.24) is 4.90 Å². The number of nitrogens with zero attached hydrogens (tertiary/aromatic N) is 1. The third-order valence-corrected chi connectivity index (χ3v) is 1.57. The van der Waals surface area contributed by atoms with Crippen LogP contribution in [0.5, 0.6) is 0 Å². The summed E-state index contributed by atoms with van der Waals surface area (Å²) in [7, 11) is 0. The Bertz CT molecular complexity index is 114. The van der Waals surface area contributed by atoms with E-state index >= 15 is 0 Å². The molecule has 0 aromatic heterocycles. The summed E-state index contributed by atoms with van der Waals surface area (Å²) in [5, 5.41) is 0. The second-order valence-electron chi connectivity index (χ2n) is 2.32. The molecule has 1 heterocycles. The molecule has 1 aliphatic heterocycles. The molecule has 0 radical (unpaired) electrons. The standard InChI is InChI=1S/C8H13N.Li.H/c1-2-3-6-9-7-4-5-8-9;;/h2-3,6H,1,4-5,7-8H2;;. The summed E-state index contributed by atoms with van der Waals surface area (Å²) in [4.78, 5) is 2.32. The molecule has 0 aromatic rings. The summed E-state index contributed by atoms with van der Waals surface area (Å²) in [5.74, 6) is 0. The van der Waals surface area contributed by atoms with Crippen LogP contribution in [0.25, 0.3) is 0 Å². The fraction of sp³-hybridized carbons (Fsp3) is 0.500. The predicted molar refractivity (Wildman–Crippen MR) is 47.3 cm³/mol. The predicted octanol–water partition coefficient (Wildman–Crippen LogP) is 1.13. The van der Waals surface area contributed by atoms with Gasteiger partial charge in [-0.2, -0.15) is 0 Å². The first kappa shape index (κ1) is 9.88. The van der Waals surface area contributed by atoms with Crippen molar-refractivity contribution in [2.75, 3.05) is 13.1 Å². The Hall–Kier alpha value is -0.123. The van der Waals surface area contributed by atoms with E-state index in [2.05, 4.69) is 17.7 Å². The Morgan fingerprint density at radius 1 is 1.20 bits per heavy atom. The van der Waals surface area contributed by atoms with Gasteiger partial charge in [0.25, 0.3) is 0 Å². The summed E-state index contributed by atoms with van der Waals surface area (Å²) in [6.07, 6.45) is 8.62. The van der Waals surface area contributed by atoms with Gasteiger partial charge in [-0.1, -0.05) is 12.7 Å². The molecule has 10 heavy (non-hydrogen) atoms. The van der Waals surface area contributed by atoms with Crippen LogP contribution in [-0.2, 0) is 0 Å². The Labute approximate surface area is 75.0 Å². The molecule has 52 valence electrons. The number of likely N-dealkylation sites (tertiary alicyclic amines) is 1. The van der Waals surface area contributed by atoms with E-state index in [9.17, 15) is 0 Å². The van der Waals surface area contributed by atoms with Gasteiger partial charge < -0.3 is 4.90 Å². The van der Waals surface area contributed by atoms with Crippen molar-refractivity contribution in [3.05, 3.63) is 24.9 Å². The quantitative estimate of drug-likeness (QED) is 0.401. The van der Waals surface area contributed by atoms with E-state index in [4.69, 9.17) is 0 Å². The van der Waals surface area contributed by atoms with Crippen molar-refractivity contribution in [3.8, 4) is 0 Å². The minimum atomic E-state index is 0. The van der Waals surface area contributed by atoms with E-state index < -0.39 is 0 Å². The van der Waals surface area contributed by atoms with Gasteiger partial charge in [-0.15, -0.1) is 0 Å². The summed E-state index contributed by atoms with van der Waals surface area (Å²) in [6, 6.07) is 0. The molecule has 0 N–H and O–H groups in total. The van der Waals surface area contributed by atoms with Gasteiger partial charge in [-0.3, -0.25) is 0 Å². The zero-order valence-corrected chi connectivity index (χ0v) is 5.71. The van der Waals surface area contributed by atoms with E-state index in [1.807, 2.05) is 12.2 Å². The van der Waals surface area contributed by atoms with Crippen LogP contribution in [0.2, 0.25) is 0 Å². The summed E-state index contributed by atoms with van der Waals surface area (Å²) >= 11 is 0. The summed E-state index contributed by atoms with van der Waals surface area (Å²) in [6.45, 7) is 6.06. The first-order chi connectivity index (χ1) is 4.43. The Balaban J connectivity index is 0.000000810. The van der Waals surface area contributed by atoms with Crippen LogP contribution < -0.4 is 0 Å². The van der Waals surface area contributed by atoms with Gasteiger partial charge in [0.1, 0.15) is 0 Å². The van der Waals surface area contributed by atoms with E-state index in [1.54, 1.807) is 0 Å². The van der Waals surface area contributed by atoms with Crippen LogP contribution in [0.1, 0.15) is 12.8 Å². The van der Waals surface area contributed by atoms with Crippen LogP contribution in [0.15, 0.2) is 24.9 Å². The zero-order valence-electron chi connectivity index (χ0n) is 5.71. The third-order valence-electron chi connectivity index (χ3n) is 1.57. The number of allylic oxidation sites excluding steroid dienone is 2. The van der Waals surface area contributed by atoms with E-state index in [1.165, 1.54) is 25.9 Å². The SMILES string of the molecule is C=CC=CN1CCCC1.[LiH]. The molecule has 1 nitrogen and oxygen atoms in total. The van der Waals surface area contributed by atoms with Crippen molar-refractivity contribution in [2.45, 2.75) is 12.8 Å². The normalized spacial score (nSPS) is 17.4. The van der Waals surface area contributed by atoms with Gasteiger partial charge in [-0.05, 0) is 25.1 Å². The van der Waals surface area contributed by atoms with Crippen LogP contribution in [-0.4, -0.2) is 36.9 Å². The molecule has 0 atom stereocenters. The maximum absolute atomic E-state index is 3.61. The molecule has 0 spiro atoms. The van der Waals surface area contributed by atoms with Gasteiger partial charge in [0, 0.05) is 13.1 Å². The molecule has 1 rings (SSSR count). The van der Waals surface area contributed by atoms with Crippen molar-refractivity contribution in [2.24, 2.45) is 0 Å². The van der Waals surface area contributed by atoms with E-state index in [0.717, 1.165) is 0 Å². The first-order valence-electron chi connectivity index (χ1n) is 3.47. The van der Waals surface area contributed by atoms with Crippen LogP contribution in [0.3, 0.4) is 0 Å². The molecule has 0 aromatic carbocycles. The second-order valence-corrected chi connectivity index (χ2v) is 2.32. The average Bonchev–Trinajstić information content (AvgIpc) is 2.34. The van der Waals surface area contributed by atoms with Crippen molar-refractivity contribution < 1.29 is 0 Å². The van der Waals surface area contributed by atoms with Crippen LogP contribution in [0, 0.1) is 0 Å². The van der Waals surface area contributed by atoms with E-state index in [-0.39, 0.29) is 18.9 Å². The molecule has 1 fully saturated rings. The first-order valence-corrected chi connectivity index (χ1v) is 3.47. The Kier molecular flexibility index (Phi) is 5.58. The molecule has 0 bridgehead atoms. The monoisotopic (exact) mass is 131 g/mol. The zero-order chi connectivity index (χ0) is 6.53. The fourth-order valence-electron chi connectivity index (χ4n) is 1.07. The molecule has 0 aliphatic carbocycles. The molecular formula is C8H14LiN. The van der Waals surface area contributed by atoms with Gasteiger partial charge in [-0.25, -0.2) is 0 Å². The Morgan fingerprint density at radius 3 is 2.30 bits per heavy atom. The van der Waals surface area contributed by atoms with Gasteiger partial charge in [0.2, 0.25) is 0 Å². The Morgan fingerprint density at radius 2 is 1.80 bits per heavy atom. The second kappa shape index (κ2) is 5.65. The fourth-order valence-corrected chi connectivity index (χ4v) is 1.07. The topological polar surface area (TPSA) is 3.24 Å². The molecule has 0 amide bonds. The molecule has 0 saturated carbocycles. The number of hydrogen-bond acceptors (Lipinski definition) is 1. The molecule has 0 unspecified atom stereocenters. The average molecular weight is 131 g/mol. The summed E-state index contributed by atoms with van der Waals surface area (Å²) < 4.78 is 0. The minimum absolute atomic E-state index is 0. The molecule has 1 saturated heterocycles. The van der Waals surface area contributed by atoms with Gasteiger partial charge in [0.05, 0.1) is 0 Å². The molecular weight excluding hydrogens is 117 g/mol. The van der Waals surface area contributed by atoms with Crippen LogP contribution in [0.4, 0.5) is 0 Å². The number of hydrogen-bond donors (Lipinski definition) is 0. The van der Waals surface area contributed by atoms with Gasteiger partial charge in [0.15, 0.2) is 0 Å². The number of rotatable bonds is 2. The van der Waals surface area contributed by atoms with Crippen molar-refractivity contribution in [3.63, 3.8) is 0 Å². The third kappa shape index (κ3) is 3.15. The van der Waals surface area contributed by atoms with Crippen molar-refractivity contribution >= 4 is 18.9 Å². The van der Waals surface area contributed by atoms with Crippen LogP contribution >= 0.6 is 0 Å². The van der Waals surface area contributed by atoms with Gasteiger partial charge >= 0.3 is 18.9 Å².